The van der Waals surface area contributed by atoms with E-state index in [0.717, 1.165) is 35.0 Å². The second-order valence-electron chi connectivity index (χ2n) is 7.78. The Labute approximate surface area is 193 Å². The van der Waals surface area contributed by atoms with Crippen molar-refractivity contribution in [2.45, 2.75) is 31.1 Å². The summed E-state index contributed by atoms with van der Waals surface area (Å²) in [6.07, 6.45) is 7.62. The molecule has 1 aromatic carbocycles. The molecule has 2 heterocycles. The standard InChI is InChI=1S/C24H27N3O5S/c1-33(30,31)24(9-8-22(25)28)27-15-12-20(17-23(27)29)19-4-6-21(7-5-19)32-16-2-3-18-10-13-26-14-11-18/h4-7,10-15,17,24H,2-3,8-9,16H2,1H3,(H2,25,28). The molecule has 0 aliphatic carbocycles. The number of hydrogen-bond donors (Lipinski definition) is 1. The minimum Gasteiger partial charge on any atom is -0.494 e. The van der Waals surface area contributed by atoms with Crippen molar-refractivity contribution in [2.24, 2.45) is 5.73 Å². The molecule has 9 heteroatoms. The number of rotatable bonds is 11. The number of hydrogen-bond acceptors (Lipinski definition) is 6. The number of carbonyl (C=O) groups is 1. The summed E-state index contributed by atoms with van der Waals surface area (Å²) in [7, 11) is -3.61. The Kier molecular flexibility index (Phi) is 8.00. The van der Waals surface area contributed by atoms with Crippen LogP contribution in [0, 0.1) is 0 Å². The Balaban J connectivity index is 1.65. The normalized spacial score (nSPS) is 12.3. The Bertz CT molecular complexity index is 1240. The lowest BCUT2D eigenvalue weighted by molar-refractivity contribution is -0.118. The third-order valence-corrected chi connectivity index (χ3v) is 6.66. The SMILES string of the molecule is CS(=O)(=O)C(CCC(N)=O)n1ccc(-c2ccc(OCCCc3ccncc3)cc2)cc1=O. The maximum absolute atomic E-state index is 12.7. The van der Waals surface area contributed by atoms with Crippen LogP contribution >= 0.6 is 0 Å². The molecule has 0 aliphatic rings. The lowest BCUT2D eigenvalue weighted by Crippen LogP contribution is -2.29. The molecule has 8 nitrogen and oxygen atoms in total. The fourth-order valence-electron chi connectivity index (χ4n) is 3.49. The molecule has 1 atom stereocenters. The van der Waals surface area contributed by atoms with Gasteiger partial charge in [0.25, 0.3) is 5.56 Å². The van der Waals surface area contributed by atoms with E-state index in [1.54, 1.807) is 18.5 Å². The smallest absolute Gasteiger partial charge is 0.252 e. The van der Waals surface area contributed by atoms with Gasteiger partial charge in [0.2, 0.25) is 5.91 Å². The van der Waals surface area contributed by atoms with E-state index in [1.165, 1.54) is 17.8 Å². The van der Waals surface area contributed by atoms with Crippen LogP contribution in [0.15, 0.2) is 71.9 Å². The van der Waals surface area contributed by atoms with E-state index >= 15 is 0 Å². The molecule has 2 N–H and O–H groups in total. The van der Waals surface area contributed by atoms with Gasteiger partial charge in [0, 0.05) is 37.3 Å². The van der Waals surface area contributed by atoms with Gasteiger partial charge < -0.3 is 10.5 Å². The summed E-state index contributed by atoms with van der Waals surface area (Å²) < 4.78 is 31.2. The van der Waals surface area contributed by atoms with E-state index < -0.39 is 26.7 Å². The van der Waals surface area contributed by atoms with Crippen LogP contribution in [-0.2, 0) is 21.1 Å². The van der Waals surface area contributed by atoms with Crippen molar-refractivity contribution in [1.82, 2.24) is 9.55 Å². The zero-order chi connectivity index (χ0) is 23.8. The molecule has 1 unspecified atom stereocenters. The molecule has 0 saturated heterocycles. The van der Waals surface area contributed by atoms with Crippen LogP contribution in [0.4, 0.5) is 0 Å². The van der Waals surface area contributed by atoms with Crippen molar-refractivity contribution in [2.75, 3.05) is 12.9 Å². The molecule has 0 spiro atoms. The summed E-state index contributed by atoms with van der Waals surface area (Å²) in [5, 5.41) is -1.14. The number of nitrogens with zero attached hydrogens (tertiary/aromatic N) is 2. The summed E-state index contributed by atoms with van der Waals surface area (Å²) in [5.41, 5.74) is 7.35. The average Bonchev–Trinajstić information content (AvgIpc) is 2.78. The highest BCUT2D eigenvalue weighted by atomic mass is 32.2. The molecule has 33 heavy (non-hydrogen) atoms. The molecule has 1 amide bonds. The minimum absolute atomic E-state index is 0.0549. The number of ether oxygens (including phenoxy) is 1. The first kappa shape index (κ1) is 24.2. The number of benzene rings is 1. The van der Waals surface area contributed by atoms with Crippen molar-refractivity contribution in [1.29, 1.82) is 0 Å². The second-order valence-corrected chi connectivity index (χ2v) is 9.99. The largest absolute Gasteiger partial charge is 0.494 e. The van der Waals surface area contributed by atoms with E-state index in [1.807, 2.05) is 36.4 Å². The predicted molar refractivity (Wildman–Crippen MR) is 127 cm³/mol. The number of nitrogens with two attached hydrogens (primary N) is 1. The second kappa shape index (κ2) is 10.9. The highest BCUT2D eigenvalue weighted by Crippen LogP contribution is 2.23. The Morgan fingerprint density at radius 3 is 2.39 bits per heavy atom. The monoisotopic (exact) mass is 469 g/mol. The summed E-state index contributed by atoms with van der Waals surface area (Å²) >= 11 is 0. The number of pyridine rings is 2. The van der Waals surface area contributed by atoms with Gasteiger partial charge in [-0.05, 0) is 66.3 Å². The first-order chi connectivity index (χ1) is 15.7. The van der Waals surface area contributed by atoms with Gasteiger partial charge in [0.05, 0.1) is 6.61 Å². The number of carbonyl (C=O) groups excluding carboxylic acids is 1. The third-order valence-electron chi connectivity index (χ3n) is 5.21. The number of amides is 1. The van der Waals surface area contributed by atoms with Gasteiger partial charge in [0.1, 0.15) is 11.1 Å². The predicted octanol–water partition coefficient (Wildman–Crippen LogP) is 2.73. The van der Waals surface area contributed by atoms with Crippen LogP contribution in [0.5, 0.6) is 5.75 Å². The maximum atomic E-state index is 12.7. The van der Waals surface area contributed by atoms with Gasteiger partial charge in [-0.1, -0.05) is 12.1 Å². The van der Waals surface area contributed by atoms with E-state index in [-0.39, 0.29) is 12.8 Å². The van der Waals surface area contributed by atoms with E-state index in [0.29, 0.717) is 12.2 Å². The van der Waals surface area contributed by atoms with Crippen LogP contribution in [-0.4, -0.2) is 36.7 Å². The number of aromatic nitrogens is 2. The van der Waals surface area contributed by atoms with Gasteiger partial charge in [-0.2, -0.15) is 0 Å². The quantitative estimate of drug-likeness (QED) is 0.431. The van der Waals surface area contributed by atoms with Crippen molar-refractivity contribution in [3.63, 3.8) is 0 Å². The van der Waals surface area contributed by atoms with Crippen molar-refractivity contribution in [3.8, 4) is 16.9 Å². The molecule has 3 rings (SSSR count). The zero-order valence-corrected chi connectivity index (χ0v) is 19.2. The van der Waals surface area contributed by atoms with Gasteiger partial charge in [0.15, 0.2) is 9.84 Å². The van der Waals surface area contributed by atoms with Crippen LogP contribution in [0.2, 0.25) is 0 Å². The molecule has 2 aromatic heterocycles. The van der Waals surface area contributed by atoms with Gasteiger partial charge >= 0.3 is 0 Å². The molecule has 0 radical (unpaired) electrons. The lowest BCUT2D eigenvalue weighted by Gasteiger charge is -2.18. The van der Waals surface area contributed by atoms with Gasteiger partial charge in [-0.25, -0.2) is 8.42 Å². The lowest BCUT2D eigenvalue weighted by atomic mass is 10.1. The summed E-state index contributed by atoms with van der Waals surface area (Å²) in [6.45, 7) is 0.579. The number of sulfone groups is 1. The maximum Gasteiger partial charge on any atom is 0.252 e. The first-order valence-electron chi connectivity index (χ1n) is 10.6. The van der Waals surface area contributed by atoms with Crippen LogP contribution in [0.1, 0.15) is 30.2 Å². The average molecular weight is 470 g/mol. The summed E-state index contributed by atoms with van der Waals surface area (Å²) in [4.78, 5) is 27.7. The van der Waals surface area contributed by atoms with Crippen molar-refractivity contribution < 1.29 is 17.9 Å². The number of primary amides is 1. The zero-order valence-electron chi connectivity index (χ0n) is 18.4. The molecular formula is C24H27N3O5S. The van der Waals surface area contributed by atoms with E-state index in [2.05, 4.69) is 4.98 Å². The Morgan fingerprint density at radius 1 is 1.09 bits per heavy atom. The van der Waals surface area contributed by atoms with Crippen LogP contribution < -0.4 is 16.0 Å². The molecule has 0 fully saturated rings. The Hall–Kier alpha value is -3.46. The molecule has 174 valence electrons. The van der Waals surface area contributed by atoms with Crippen molar-refractivity contribution >= 4 is 15.7 Å². The van der Waals surface area contributed by atoms with Crippen LogP contribution in [0.3, 0.4) is 0 Å². The molecule has 0 saturated carbocycles. The fraction of sp³-hybridized carbons (Fsp3) is 0.292. The first-order valence-corrected chi connectivity index (χ1v) is 12.5. The van der Waals surface area contributed by atoms with E-state index in [4.69, 9.17) is 10.5 Å². The molecule has 0 aliphatic heterocycles. The van der Waals surface area contributed by atoms with Gasteiger partial charge in [-0.15, -0.1) is 0 Å². The van der Waals surface area contributed by atoms with Crippen molar-refractivity contribution in [3.05, 3.63) is 83.0 Å². The summed E-state index contributed by atoms with van der Waals surface area (Å²) in [5.74, 6) is 0.110. The molecular weight excluding hydrogens is 442 g/mol. The third kappa shape index (κ3) is 7.01. The highest BCUT2D eigenvalue weighted by molar-refractivity contribution is 7.90. The molecule has 3 aromatic rings. The van der Waals surface area contributed by atoms with Crippen LogP contribution in [0.25, 0.3) is 11.1 Å². The minimum atomic E-state index is -3.61. The fourth-order valence-corrected chi connectivity index (χ4v) is 4.62. The van der Waals surface area contributed by atoms with E-state index in [9.17, 15) is 18.0 Å². The number of aryl methyl sites for hydroxylation is 1. The molecule has 0 bridgehead atoms. The summed E-state index contributed by atoms with van der Waals surface area (Å²) in [6, 6.07) is 14.4. The topological polar surface area (TPSA) is 121 Å². The highest BCUT2D eigenvalue weighted by Gasteiger charge is 2.24. The Morgan fingerprint density at radius 2 is 1.79 bits per heavy atom. The van der Waals surface area contributed by atoms with Gasteiger partial charge in [-0.3, -0.25) is 19.1 Å².